The summed E-state index contributed by atoms with van der Waals surface area (Å²) >= 11 is 3.81. The zero-order valence-electron chi connectivity index (χ0n) is 11.4. The summed E-state index contributed by atoms with van der Waals surface area (Å²) in [5, 5.41) is 39.4. The fourth-order valence-corrected chi connectivity index (χ4v) is 6.58. The molecule has 0 radical (unpaired) electrons. The zero-order valence-corrected chi connectivity index (χ0v) is 13.9. The van der Waals surface area contributed by atoms with Crippen molar-refractivity contribution in [1.82, 2.24) is 10.2 Å². The third kappa shape index (κ3) is 2.65. The van der Waals surface area contributed by atoms with Crippen molar-refractivity contribution in [3.8, 4) is 0 Å². The maximum atomic E-state index is 12.7. The van der Waals surface area contributed by atoms with Gasteiger partial charge in [-0.1, -0.05) is 11.8 Å². The van der Waals surface area contributed by atoms with Crippen LogP contribution in [0.3, 0.4) is 0 Å². The highest BCUT2D eigenvalue weighted by molar-refractivity contribution is 8.27. The highest BCUT2D eigenvalue weighted by Crippen LogP contribution is 2.58. The van der Waals surface area contributed by atoms with Gasteiger partial charge in [0.25, 0.3) is 5.22 Å². The summed E-state index contributed by atoms with van der Waals surface area (Å²) in [5.74, 6) is -1.38. The molecule has 4 atom stereocenters. The minimum atomic E-state index is -1.20. The van der Waals surface area contributed by atoms with E-state index in [1.54, 1.807) is 6.92 Å². The summed E-state index contributed by atoms with van der Waals surface area (Å²) in [6.45, 7) is 1.74. The Morgan fingerprint density at radius 2 is 2.45 bits per heavy atom. The SMILES string of the molecule is CC(O)[C@@H]1C[N+]2([O-])C(C(=O)O)=C(SCSc3nnco3)S[C@H]12. The number of carboxylic acids is 1. The minimum absolute atomic E-state index is 0.109. The monoisotopic (exact) mass is 363 g/mol. The lowest BCUT2D eigenvalue weighted by Gasteiger charge is -2.56. The number of fused-ring (bicyclic) bond motifs is 1. The van der Waals surface area contributed by atoms with Crippen LogP contribution in [0.2, 0.25) is 0 Å². The minimum Gasteiger partial charge on any atom is -0.626 e. The maximum absolute atomic E-state index is 12.7. The standard InChI is InChI=1S/C11H13N3O5S3/c1-5(15)6-2-14(18)7(9(16)17)10(22-8(6)14)20-4-21-11-13-12-3-19-11/h3,5-6,8,15H,2,4H2,1H3,(H,16,17)/t5?,6-,8+,14?/m0/s1. The van der Waals surface area contributed by atoms with Crippen LogP contribution < -0.4 is 0 Å². The fourth-order valence-electron chi connectivity index (χ4n) is 2.49. The molecule has 0 aliphatic carbocycles. The van der Waals surface area contributed by atoms with Gasteiger partial charge in [-0.25, -0.2) is 4.79 Å². The second-order valence-electron chi connectivity index (χ2n) is 4.94. The average molecular weight is 363 g/mol. The number of carbonyl (C=O) groups is 1. The maximum Gasteiger partial charge on any atom is 0.392 e. The lowest BCUT2D eigenvalue weighted by molar-refractivity contribution is -0.902. The van der Waals surface area contributed by atoms with E-state index in [1.165, 1.54) is 41.7 Å². The first-order chi connectivity index (χ1) is 10.4. The van der Waals surface area contributed by atoms with Gasteiger partial charge in [-0.2, -0.15) is 0 Å². The number of carboxylic acid groups (broad SMARTS) is 1. The van der Waals surface area contributed by atoms with Gasteiger partial charge in [0.1, 0.15) is 4.24 Å². The molecular weight excluding hydrogens is 350 g/mol. The van der Waals surface area contributed by atoms with Crippen molar-refractivity contribution >= 4 is 41.3 Å². The van der Waals surface area contributed by atoms with E-state index in [9.17, 15) is 20.2 Å². The Morgan fingerprint density at radius 1 is 1.68 bits per heavy atom. The molecule has 0 spiro atoms. The molecule has 8 nitrogen and oxygen atoms in total. The quantitative estimate of drug-likeness (QED) is 0.333. The van der Waals surface area contributed by atoms with Crippen LogP contribution in [-0.4, -0.2) is 54.1 Å². The molecule has 0 amide bonds. The molecule has 2 aliphatic rings. The third-order valence-electron chi connectivity index (χ3n) is 3.59. The van der Waals surface area contributed by atoms with Gasteiger partial charge in [-0.3, -0.25) is 0 Å². The van der Waals surface area contributed by atoms with Crippen molar-refractivity contribution in [2.24, 2.45) is 5.92 Å². The van der Waals surface area contributed by atoms with E-state index in [4.69, 9.17) is 4.42 Å². The van der Waals surface area contributed by atoms with Gasteiger partial charge >= 0.3 is 5.97 Å². The van der Waals surface area contributed by atoms with Gasteiger partial charge in [0, 0.05) is 0 Å². The van der Waals surface area contributed by atoms with Crippen LogP contribution in [0.1, 0.15) is 6.92 Å². The molecule has 0 aromatic carbocycles. The molecule has 3 rings (SSSR count). The molecule has 1 aromatic heterocycles. The number of aromatic nitrogens is 2. The van der Waals surface area contributed by atoms with Crippen LogP contribution in [0, 0.1) is 11.1 Å². The van der Waals surface area contributed by atoms with Crippen LogP contribution in [0.15, 0.2) is 26.0 Å². The van der Waals surface area contributed by atoms with Crippen LogP contribution in [0.25, 0.3) is 0 Å². The summed E-state index contributed by atoms with van der Waals surface area (Å²) in [5.41, 5.74) is -0.122. The van der Waals surface area contributed by atoms with Crippen molar-refractivity contribution in [2.75, 3.05) is 11.6 Å². The number of aliphatic hydroxyl groups is 1. The molecule has 120 valence electrons. The molecular formula is C11H13N3O5S3. The van der Waals surface area contributed by atoms with Gasteiger partial charge in [-0.05, 0) is 18.7 Å². The number of aliphatic carboxylic acids is 1. The van der Waals surface area contributed by atoms with Gasteiger partial charge < -0.3 is 24.5 Å². The first-order valence-corrected chi connectivity index (χ1v) is 9.22. The Balaban J connectivity index is 1.70. The second-order valence-corrected chi connectivity index (χ2v) is 8.61. The Bertz CT molecular complexity index is 608. The Labute approximate surface area is 138 Å². The van der Waals surface area contributed by atoms with Crippen LogP contribution in [-0.2, 0) is 4.79 Å². The first kappa shape index (κ1) is 16.1. The first-order valence-electron chi connectivity index (χ1n) is 6.37. The molecule has 1 fully saturated rings. The van der Waals surface area contributed by atoms with Crippen LogP contribution in [0.4, 0.5) is 0 Å². The number of hydrogen-bond donors (Lipinski definition) is 2. The molecule has 2 unspecified atom stereocenters. The smallest absolute Gasteiger partial charge is 0.392 e. The largest absolute Gasteiger partial charge is 0.626 e. The number of hydrogen-bond acceptors (Lipinski definition) is 9. The summed E-state index contributed by atoms with van der Waals surface area (Å²) < 4.78 is 4.63. The number of aliphatic hydroxyl groups excluding tert-OH is 1. The Morgan fingerprint density at radius 3 is 3.05 bits per heavy atom. The van der Waals surface area contributed by atoms with E-state index in [2.05, 4.69) is 10.2 Å². The molecule has 0 bridgehead atoms. The Kier molecular flexibility index (Phi) is 4.45. The number of nitrogens with zero attached hydrogens (tertiary/aromatic N) is 3. The normalized spacial score (nSPS) is 31.8. The van der Waals surface area contributed by atoms with Gasteiger partial charge in [0.2, 0.25) is 12.1 Å². The summed E-state index contributed by atoms with van der Waals surface area (Å²) in [4.78, 5) is 11.5. The molecule has 11 heteroatoms. The predicted octanol–water partition coefficient (Wildman–Crippen LogP) is 1.50. The third-order valence-corrected chi connectivity index (χ3v) is 7.40. The molecule has 1 aromatic rings. The van der Waals surface area contributed by atoms with Crippen molar-refractivity contribution in [3.63, 3.8) is 0 Å². The van der Waals surface area contributed by atoms with Crippen molar-refractivity contribution in [2.45, 2.75) is 23.6 Å². The van der Waals surface area contributed by atoms with Crippen LogP contribution >= 0.6 is 35.3 Å². The molecule has 3 heterocycles. The Hall–Kier alpha value is -0.720. The van der Waals surface area contributed by atoms with E-state index in [1.807, 2.05) is 0 Å². The summed E-state index contributed by atoms with van der Waals surface area (Å²) in [7, 11) is 0. The van der Waals surface area contributed by atoms with Gasteiger partial charge in [0.05, 0.1) is 23.7 Å². The number of quaternary nitrogens is 1. The van der Waals surface area contributed by atoms with E-state index < -0.39 is 22.1 Å². The number of hydroxylamine groups is 3. The average Bonchev–Trinajstić information content (AvgIpc) is 3.00. The molecule has 0 saturated carbocycles. The summed E-state index contributed by atoms with van der Waals surface area (Å²) in [6, 6.07) is 0. The van der Waals surface area contributed by atoms with Crippen molar-refractivity contribution in [3.05, 3.63) is 21.5 Å². The van der Waals surface area contributed by atoms with E-state index in [0.717, 1.165) is 0 Å². The lowest BCUT2D eigenvalue weighted by atomic mass is 9.93. The second kappa shape index (κ2) is 6.06. The predicted molar refractivity (Wildman–Crippen MR) is 82.3 cm³/mol. The van der Waals surface area contributed by atoms with E-state index >= 15 is 0 Å². The molecule has 2 aliphatic heterocycles. The molecule has 22 heavy (non-hydrogen) atoms. The van der Waals surface area contributed by atoms with Gasteiger partial charge in [-0.15, -0.1) is 22.0 Å². The van der Waals surface area contributed by atoms with Gasteiger partial charge in [0.15, 0.2) is 5.37 Å². The van der Waals surface area contributed by atoms with Crippen molar-refractivity contribution in [1.29, 1.82) is 0 Å². The van der Waals surface area contributed by atoms with Crippen LogP contribution in [0.5, 0.6) is 0 Å². The van der Waals surface area contributed by atoms with Crippen molar-refractivity contribution < 1.29 is 24.1 Å². The van der Waals surface area contributed by atoms with E-state index in [0.29, 0.717) is 14.5 Å². The lowest BCUT2D eigenvalue weighted by Crippen LogP contribution is -2.66. The zero-order chi connectivity index (χ0) is 15.9. The number of thioether (sulfide) groups is 3. The number of rotatable bonds is 6. The topological polar surface area (TPSA) is 120 Å². The molecule has 2 N–H and O–H groups in total. The highest BCUT2D eigenvalue weighted by Gasteiger charge is 2.61. The summed E-state index contributed by atoms with van der Waals surface area (Å²) in [6.07, 6.45) is 0.598. The fraction of sp³-hybridized carbons (Fsp3) is 0.545. The highest BCUT2D eigenvalue weighted by atomic mass is 32.2. The van der Waals surface area contributed by atoms with E-state index in [-0.39, 0.29) is 18.2 Å². The molecule has 1 saturated heterocycles.